The van der Waals surface area contributed by atoms with E-state index in [9.17, 15) is 4.79 Å². The zero-order valence-corrected chi connectivity index (χ0v) is 17.3. The quantitative estimate of drug-likeness (QED) is 0.624. The molecule has 152 valence electrons. The summed E-state index contributed by atoms with van der Waals surface area (Å²) in [5.74, 6) is 1.02. The van der Waals surface area contributed by atoms with E-state index in [1.807, 2.05) is 24.3 Å². The first kappa shape index (κ1) is 19.9. The van der Waals surface area contributed by atoms with Gasteiger partial charge in [0.2, 0.25) is 0 Å². The van der Waals surface area contributed by atoms with Gasteiger partial charge in [-0.05, 0) is 41.7 Å². The number of aliphatic imine (C=N–C) groups is 1. The minimum Gasteiger partial charge on any atom is -0.355 e. The van der Waals surface area contributed by atoms with Gasteiger partial charge in [0.15, 0.2) is 0 Å². The minimum atomic E-state index is -0.0784. The maximum atomic E-state index is 12.0. The summed E-state index contributed by atoms with van der Waals surface area (Å²) in [7, 11) is 1.65. The Morgan fingerprint density at radius 1 is 0.900 bits per heavy atom. The van der Waals surface area contributed by atoms with Crippen LogP contribution in [0.4, 0.5) is 5.69 Å². The Bertz CT molecular complexity index is 1030. The van der Waals surface area contributed by atoms with E-state index in [-0.39, 0.29) is 5.91 Å². The average Bonchev–Trinajstić information content (AvgIpc) is 2.81. The van der Waals surface area contributed by atoms with Crippen LogP contribution in [-0.2, 0) is 19.4 Å². The van der Waals surface area contributed by atoms with Crippen LogP contribution in [-0.4, -0.2) is 30.2 Å². The molecule has 3 aromatic rings. The van der Waals surface area contributed by atoms with Crippen molar-refractivity contribution in [2.45, 2.75) is 25.8 Å². The molecule has 1 amide bonds. The molecular formula is C26H27N3O. The molecule has 4 nitrogen and oxygen atoms in total. The fourth-order valence-electron chi connectivity index (χ4n) is 3.83. The summed E-state index contributed by atoms with van der Waals surface area (Å²) in [5.41, 5.74) is 5.38. The topological polar surface area (TPSA) is 44.7 Å². The summed E-state index contributed by atoms with van der Waals surface area (Å²) in [6.45, 7) is 1.75. The van der Waals surface area contributed by atoms with Crippen LogP contribution in [0.1, 0.15) is 33.5 Å². The molecule has 0 spiro atoms. The number of nitrogens with one attached hydrogen (secondary N) is 1. The van der Waals surface area contributed by atoms with Gasteiger partial charge in [-0.15, -0.1) is 0 Å². The molecule has 0 aromatic heterocycles. The van der Waals surface area contributed by atoms with Crippen LogP contribution in [0.3, 0.4) is 0 Å². The van der Waals surface area contributed by atoms with Gasteiger partial charge < -0.3 is 10.2 Å². The van der Waals surface area contributed by atoms with E-state index in [4.69, 9.17) is 4.99 Å². The van der Waals surface area contributed by atoms with Gasteiger partial charge in [-0.3, -0.25) is 4.79 Å². The van der Waals surface area contributed by atoms with Crippen molar-refractivity contribution < 1.29 is 4.79 Å². The maximum Gasteiger partial charge on any atom is 0.251 e. The smallest absolute Gasteiger partial charge is 0.251 e. The molecule has 0 atom stereocenters. The summed E-state index contributed by atoms with van der Waals surface area (Å²) >= 11 is 0. The number of aryl methyl sites for hydroxylation is 1. The number of amides is 1. The summed E-state index contributed by atoms with van der Waals surface area (Å²) in [5, 5.41) is 2.70. The number of hydrogen-bond donors (Lipinski definition) is 1. The van der Waals surface area contributed by atoms with Crippen LogP contribution in [0, 0.1) is 0 Å². The van der Waals surface area contributed by atoms with Crippen LogP contribution in [0.5, 0.6) is 0 Å². The van der Waals surface area contributed by atoms with Crippen LogP contribution < -0.4 is 5.32 Å². The predicted molar refractivity (Wildman–Crippen MR) is 122 cm³/mol. The Morgan fingerprint density at radius 2 is 1.57 bits per heavy atom. The molecule has 30 heavy (non-hydrogen) atoms. The Balaban J connectivity index is 1.57. The van der Waals surface area contributed by atoms with E-state index in [0.717, 1.165) is 43.9 Å². The highest BCUT2D eigenvalue weighted by molar-refractivity contribution is 5.96. The monoisotopic (exact) mass is 397 g/mol. The molecule has 0 unspecified atom stereocenters. The zero-order valence-electron chi connectivity index (χ0n) is 17.3. The fourth-order valence-corrected chi connectivity index (χ4v) is 3.83. The molecule has 0 saturated carbocycles. The molecule has 0 fully saturated rings. The van der Waals surface area contributed by atoms with Gasteiger partial charge in [-0.1, -0.05) is 66.7 Å². The van der Waals surface area contributed by atoms with Crippen molar-refractivity contribution in [3.63, 3.8) is 0 Å². The number of hydrogen-bond acceptors (Lipinski definition) is 3. The summed E-state index contributed by atoms with van der Waals surface area (Å²) < 4.78 is 0. The normalized spacial score (nSPS) is 12.8. The number of nitrogens with zero attached hydrogens (tertiary/aromatic N) is 2. The minimum absolute atomic E-state index is 0.0784. The van der Waals surface area contributed by atoms with Gasteiger partial charge in [0.25, 0.3) is 5.91 Å². The highest BCUT2D eigenvalue weighted by atomic mass is 16.1. The Morgan fingerprint density at radius 3 is 2.23 bits per heavy atom. The lowest BCUT2D eigenvalue weighted by atomic mass is 10.0. The SMILES string of the molecule is CNC(=O)c1ccc2c(c1)N=C(CCc1ccccc1)N(CCc1ccccc1)C2. The third-order valence-electron chi connectivity index (χ3n) is 5.54. The lowest BCUT2D eigenvalue weighted by molar-refractivity contribution is 0.0963. The number of carbonyl (C=O) groups is 1. The predicted octanol–water partition coefficient (Wildman–Crippen LogP) is 4.77. The van der Waals surface area contributed by atoms with Crippen molar-refractivity contribution in [2.24, 2.45) is 4.99 Å². The van der Waals surface area contributed by atoms with E-state index < -0.39 is 0 Å². The number of rotatable bonds is 7. The molecule has 4 heteroatoms. The highest BCUT2D eigenvalue weighted by Gasteiger charge is 2.20. The van der Waals surface area contributed by atoms with Crippen molar-refractivity contribution in [2.75, 3.05) is 13.6 Å². The molecule has 0 radical (unpaired) electrons. The molecule has 0 bridgehead atoms. The van der Waals surface area contributed by atoms with Gasteiger partial charge in [-0.2, -0.15) is 0 Å². The lowest BCUT2D eigenvalue weighted by Gasteiger charge is -2.31. The molecule has 0 aliphatic carbocycles. The summed E-state index contributed by atoms with van der Waals surface area (Å²) in [6, 6.07) is 26.9. The Kier molecular flexibility index (Phi) is 6.23. The number of benzene rings is 3. The average molecular weight is 398 g/mol. The van der Waals surface area contributed by atoms with Crippen molar-refractivity contribution in [3.8, 4) is 0 Å². The number of amidine groups is 1. The lowest BCUT2D eigenvalue weighted by Crippen LogP contribution is -2.35. The van der Waals surface area contributed by atoms with E-state index in [1.165, 1.54) is 16.7 Å². The van der Waals surface area contributed by atoms with E-state index in [2.05, 4.69) is 64.8 Å². The molecule has 4 rings (SSSR count). The summed E-state index contributed by atoms with van der Waals surface area (Å²) in [4.78, 5) is 19.4. The molecule has 1 heterocycles. The highest BCUT2D eigenvalue weighted by Crippen LogP contribution is 2.29. The van der Waals surface area contributed by atoms with Crippen molar-refractivity contribution in [1.82, 2.24) is 10.2 Å². The standard InChI is InChI=1S/C26H27N3O/c1-27-26(30)22-13-14-23-19-29(17-16-21-10-6-3-7-11-21)25(28-24(23)18-22)15-12-20-8-4-2-5-9-20/h2-11,13-14,18H,12,15-17,19H2,1H3,(H,27,30). The molecule has 1 N–H and O–H groups in total. The molecule has 1 aliphatic heterocycles. The van der Waals surface area contributed by atoms with Crippen LogP contribution in [0.2, 0.25) is 0 Å². The van der Waals surface area contributed by atoms with E-state index >= 15 is 0 Å². The van der Waals surface area contributed by atoms with Gasteiger partial charge in [-0.25, -0.2) is 4.99 Å². The Hall–Kier alpha value is -3.40. The van der Waals surface area contributed by atoms with Crippen molar-refractivity contribution in [3.05, 3.63) is 101 Å². The largest absolute Gasteiger partial charge is 0.355 e. The van der Waals surface area contributed by atoms with Crippen molar-refractivity contribution >= 4 is 17.4 Å². The second-order valence-electron chi connectivity index (χ2n) is 7.59. The molecule has 1 aliphatic rings. The summed E-state index contributed by atoms with van der Waals surface area (Å²) in [6.07, 6.45) is 2.81. The third kappa shape index (κ3) is 4.77. The first-order valence-corrected chi connectivity index (χ1v) is 10.5. The third-order valence-corrected chi connectivity index (χ3v) is 5.54. The second kappa shape index (κ2) is 9.40. The first-order chi connectivity index (χ1) is 14.7. The van der Waals surface area contributed by atoms with Gasteiger partial charge in [0, 0.05) is 32.1 Å². The molecule has 3 aromatic carbocycles. The van der Waals surface area contributed by atoms with Gasteiger partial charge in [0.05, 0.1) is 5.69 Å². The number of fused-ring (bicyclic) bond motifs is 1. The second-order valence-corrected chi connectivity index (χ2v) is 7.59. The van der Waals surface area contributed by atoms with Gasteiger partial charge in [0.1, 0.15) is 5.84 Å². The Labute approximate surface area is 178 Å². The molecule has 0 saturated heterocycles. The van der Waals surface area contributed by atoms with Crippen LogP contribution in [0.25, 0.3) is 0 Å². The van der Waals surface area contributed by atoms with Crippen LogP contribution >= 0.6 is 0 Å². The number of carbonyl (C=O) groups excluding carboxylic acids is 1. The molecular weight excluding hydrogens is 370 g/mol. The van der Waals surface area contributed by atoms with E-state index in [0.29, 0.717) is 5.56 Å². The zero-order chi connectivity index (χ0) is 20.8. The maximum absolute atomic E-state index is 12.0. The van der Waals surface area contributed by atoms with Crippen LogP contribution in [0.15, 0.2) is 83.9 Å². The fraction of sp³-hybridized carbons (Fsp3) is 0.231. The van der Waals surface area contributed by atoms with Gasteiger partial charge >= 0.3 is 0 Å². The van der Waals surface area contributed by atoms with Crippen molar-refractivity contribution in [1.29, 1.82) is 0 Å². The first-order valence-electron chi connectivity index (χ1n) is 10.5. The van der Waals surface area contributed by atoms with E-state index in [1.54, 1.807) is 7.05 Å².